The average molecular weight is 252 g/mol. The quantitative estimate of drug-likeness (QED) is 0.564. The van der Waals surface area contributed by atoms with Gasteiger partial charge in [0.15, 0.2) is 0 Å². The van der Waals surface area contributed by atoms with Crippen molar-refractivity contribution in [3.05, 3.63) is 11.6 Å². The molecule has 0 heterocycles. The van der Waals surface area contributed by atoms with Crippen LogP contribution >= 0.6 is 0 Å². The van der Waals surface area contributed by atoms with Gasteiger partial charge in [-0.3, -0.25) is 0 Å². The van der Waals surface area contributed by atoms with Gasteiger partial charge < -0.3 is 5.11 Å². The Balaban J connectivity index is 2.73. The summed E-state index contributed by atoms with van der Waals surface area (Å²) in [7, 11) is 0. The Morgan fingerprint density at radius 3 is 2.22 bits per heavy atom. The molecule has 0 saturated heterocycles. The summed E-state index contributed by atoms with van der Waals surface area (Å²) in [5.41, 5.74) is 0.725. The van der Waals surface area contributed by atoms with E-state index in [2.05, 4.69) is 26.8 Å². The molecule has 1 aliphatic carbocycles. The summed E-state index contributed by atoms with van der Waals surface area (Å²) in [5.74, 6) is -0.230. The number of aliphatic carboxylic acids is 1. The third-order valence-corrected chi connectivity index (χ3v) is 4.24. The van der Waals surface area contributed by atoms with Gasteiger partial charge in [-0.15, -0.1) is 0 Å². The fourth-order valence-electron chi connectivity index (χ4n) is 2.61. The van der Waals surface area contributed by atoms with Crippen LogP contribution in [0, 0.1) is 11.3 Å². The van der Waals surface area contributed by atoms with Crippen LogP contribution in [0.5, 0.6) is 0 Å². The van der Waals surface area contributed by atoms with Crippen molar-refractivity contribution in [3.8, 4) is 0 Å². The maximum atomic E-state index is 11.4. The Kier molecular flexibility index (Phi) is 5.90. The highest BCUT2D eigenvalue weighted by molar-refractivity contribution is 5.86. The smallest absolute Gasteiger partial charge is 0.331 e. The molecule has 104 valence electrons. The number of carbonyl (C=O) groups is 1. The minimum absolute atomic E-state index is 0.0922. The summed E-state index contributed by atoms with van der Waals surface area (Å²) >= 11 is 0. The lowest BCUT2D eigenvalue weighted by Crippen LogP contribution is -2.16. The van der Waals surface area contributed by atoms with E-state index in [9.17, 15) is 9.90 Å². The van der Waals surface area contributed by atoms with Crippen LogP contribution in [0.25, 0.3) is 0 Å². The second-order valence-corrected chi connectivity index (χ2v) is 6.44. The van der Waals surface area contributed by atoms with Gasteiger partial charge in [-0.25, -0.2) is 4.79 Å². The highest BCUT2D eigenvalue weighted by Crippen LogP contribution is 2.31. The van der Waals surface area contributed by atoms with E-state index in [0.29, 0.717) is 17.9 Å². The SMILES string of the molecule is CCC(C)(C)CC(=CC1CCCCCC1)C(=O)O. The van der Waals surface area contributed by atoms with Crippen molar-refractivity contribution < 1.29 is 9.90 Å². The molecule has 0 amide bonds. The van der Waals surface area contributed by atoms with Gasteiger partial charge in [0.1, 0.15) is 0 Å². The highest BCUT2D eigenvalue weighted by atomic mass is 16.4. The van der Waals surface area contributed by atoms with Gasteiger partial charge in [-0.05, 0) is 30.6 Å². The Morgan fingerprint density at radius 2 is 1.78 bits per heavy atom. The molecule has 1 aliphatic rings. The molecular weight excluding hydrogens is 224 g/mol. The number of carboxylic acids is 1. The van der Waals surface area contributed by atoms with Gasteiger partial charge in [-0.1, -0.05) is 59.0 Å². The minimum Gasteiger partial charge on any atom is -0.478 e. The molecule has 1 N–H and O–H groups in total. The average Bonchev–Trinajstić information content (AvgIpc) is 2.56. The number of hydrogen-bond donors (Lipinski definition) is 1. The van der Waals surface area contributed by atoms with E-state index in [0.717, 1.165) is 6.42 Å². The molecule has 0 aromatic carbocycles. The third-order valence-electron chi connectivity index (χ3n) is 4.24. The predicted molar refractivity (Wildman–Crippen MR) is 75.6 cm³/mol. The summed E-state index contributed by atoms with van der Waals surface area (Å²) in [4.78, 5) is 11.4. The van der Waals surface area contributed by atoms with Gasteiger partial charge in [0.2, 0.25) is 0 Å². The first-order valence-corrected chi connectivity index (χ1v) is 7.38. The standard InChI is InChI=1S/C16H28O2/c1-4-16(2,3)12-14(15(17)18)11-13-9-7-5-6-8-10-13/h11,13H,4-10,12H2,1-3H3,(H,17,18). The third kappa shape index (κ3) is 5.24. The first-order chi connectivity index (χ1) is 8.44. The van der Waals surface area contributed by atoms with Gasteiger partial charge in [-0.2, -0.15) is 0 Å². The summed E-state index contributed by atoms with van der Waals surface area (Å²) in [5, 5.41) is 9.36. The lowest BCUT2D eigenvalue weighted by Gasteiger charge is -2.23. The molecule has 0 unspecified atom stereocenters. The number of allylic oxidation sites excluding steroid dienone is 1. The molecule has 0 radical (unpaired) electrons. The first kappa shape index (κ1) is 15.3. The summed E-state index contributed by atoms with van der Waals surface area (Å²) in [6, 6.07) is 0. The van der Waals surface area contributed by atoms with Gasteiger partial charge in [0.25, 0.3) is 0 Å². The molecule has 0 bridgehead atoms. The van der Waals surface area contributed by atoms with Gasteiger partial charge in [0.05, 0.1) is 0 Å². The lowest BCUT2D eigenvalue weighted by atomic mass is 9.82. The van der Waals surface area contributed by atoms with Crippen molar-refractivity contribution in [2.45, 2.75) is 72.1 Å². The number of hydrogen-bond acceptors (Lipinski definition) is 1. The zero-order valence-electron chi connectivity index (χ0n) is 12.2. The molecule has 2 nitrogen and oxygen atoms in total. The molecule has 0 atom stereocenters. The van der Waals surface area contributed by atoms with Gasteiger partial charge >= 0.3 is 5.97 Å². The molecule has 1 saturated carbocycles. The maximum Gasteiger partial charge on any atom is 0.331 e. The van der Waals surface area contributed by atoms with Crippen molar-refractivity contribution >= 4 is 5.97 Å². The van der Waals surface area contributed by atoms with Crippen LogP contribution in [0.2, 0.25) is 0 Å². The molecule has 2 heteroatoms. The van der Waals surface area contributed by atoms with E-state index < -0.39 is 5.97 Å². The lowest BCUT2D eigenvalue weighted by molar-refractivity contribution is -0.133. The molecule has 0 aromatic heterocycles. The highest BCUT2D eigenvalue weighted by Gasteiger charge is 2.22. The van der Waals surface area contributed by atoms with Crippen molar-refractivity contribution in [1.82, 2.24) is 0 Å². The Labute approximate surface area is 111 Å². The molecule has 0 spiro atoms. The molecule has 18 heavy (non-hydrogen) atoms. The van der Waals surface area contributed by atoms with Crippen molar-refractivity contribution in [1.29, 1.82) is 0 Å². The second-order valence-electron chi connectivity index (χ2n) is 6.44. The van der Waals surface area contributed by atoms with E-state index >= 15 is 0 Å². The first-order valence-electron chi connectivity index (χ1n) is 7.38. The Hall–Kier alpha value is -0.790. The largest absolute Gasteiger partial charge is 0.478 e. The van der Waals surface area contributed by atoms with Crippen LogP contribution in [0.3, 0.4) is 0 Å². The van der Waals surface area contributed by atoms with Crippen LogP contribution in [0.15, 0.2) is 11.6 Å². The number of carboxylic acid groups (broad SMARTS) is 1. The fourth-order valence-corrected chi connectivity index (χ4v) is 2.61. The van der Waals surface area contributed by atoms with Crippen LogP contribution in [0.1, 0.15) is 72.1 Å². The maximum absolute atomic E-state index is 11.4. The molecular formula is C16H28O2. The number of rotatable bonds is 5. The van der Waals surface area contributed by atoms with Crippen LogP contribution in [-0.4, -0.2) is 11.1 Å². The van der Waals surface area contributed by atoms with Gasteiger partial charge in [0, 0.05) is 5.57 Å². The molecule has 0 aliphatic heterocycles. The topological polar surface area (TPSA) is 37.3 Å². The summed E-state index contributed by atoms with van der Waals surface area (Å²) < 4.78 is 0. The van der Waals surface area contributed by atoms with E-state index in [1.165, 1.54) is 38.5 Å². The predicted octanol–water partition coefficient (Wildman–Crippen LogP) is 4.79. The van der Waals surface area contributed by atoms with E-state index in [1.807, 2.05) is 0 Å². The van der Waals surface area contributed by atoms with Crippen molar-refractivity contribution in [2.75, 3.05) is 0 Å². The zero-order valence-corrected chi connectivity index (χ0v) is 12.2. The van der Waals surface area contributed by atoms with Crippen LogP contribution in [-0.2, 0) is 4.79 Å². The monoisotopic (exact) mass is 252 g/mol. The minimum atomic E-state index is -0.722. The molecule has 0 aromatic rings. The molecule has 1 fully saturated rings. The zero-order chi connectivity index (χ0) is 13.6. The Bertz CT molecular complexity index is 294. The van der Waals surface area contributed by atoms with E-state index in [-0.39, 0.29) is 5.41 Å². The summed E-state index contributed by atoms with van der Waals surface area (Å²) in [6.45, 7) is 6.43. The molecule has 1 rings (SSSR count). The summed E-state index contributed by atoms with van der Waals surface area (Å²) in [6.07, 6.45) is 11.2. The van der Waals surface area contributed by atoms with E-state index in [1.54, 1.807) is 0 Å². The van der Waals surface area contributed by atoms with Crippen molar-refractivity contribution in [2.24, 2.45) is 11.3 Å². The fraction of sp³-hybridized carbons (Fsp3) is 0.812. The Morgan fingerprint density at radius 1 is 1.22 bits per heavy atom. The van der Waals surface area contributed by atoms with Crippen LogP contribution < -0.4 is 0 Å². The van der Waals surface area contributed by atoms with E-state index in [4.69, 9.17) is 0 Å². The normalized spacial score (nSPS) is 19.6. The van der Waals surface area contributed by atoms with Crippen LogP contribution in [0.4, 0.5) is 0 Å². The second kappa shape index (κ2) is 6.96. The van der Waals surface area contributed by atoms with Crippen molar-refractivity contribution in [3.63, 3.8) is 0 Å².